The Labute approximate surface area is 158 Å². The highest BCUT2D eigenvalue weighted by atomic mass is 16.5. The van der Waals surface area contributed by atoms with Gasteiger partial charge in [0, 0.05) is 5.92 Å². The largest absolute Gasteiger partial charge is 0.495 e. The van der Waals surface area contributed by atoms with Gasteiger partial charge in [0.05, 0.1) is 19.3 Å². The van der Waals surface area contributed by atoms with Gasteiger partial charge in [0.1, 0.15) is 11.3 Å². The highest BCUT2D eigenvalue weighted by Gasteiger charge is 2.26. The molecule has 2 heterocycles. The third-order valence-corrected chi connectivity index (χ3v) is 5.02. The lowest BCUT2D eigenvalue weighted by Gasteiger charge is -2.30. The lowest BCUT2D eigenvalue weighted by Crippen LogP contribution is -2.37. The van der Waals surface area contributed by atoms with Crippen LogP contribution in [0.1, 0.15) is 18.7 Å². The van der Waals surface area contributed by atoms with Gasteiger partial charge in [0.15, 0.2) is 5.58 Å². The number of aromatic nitrogens is 1. The zero-order valence-corrected chi connectivity index (χ0v) is 15.4. The molecule has 0 radical (unpaired) electrons. The van der Waals surface area contributed by atoms with Crippen LogP contribution in [0.5, 0.6) is 5.75 Å². The Morgan fingerprint density at radius 1 is 1.19 bits per heavy atom. The first-order valence-electron chi connectivity index (χ1n) is 9.23. The minimum absolute atomic E-state index is 0.00907. The van der Waals surface area contributed by atoms with Gasteiger partial charge in [0.25, 0.3) is 0 Å². The molecule has 2 aromatic carbocycles. The second-order valence-electron chi connectivity index (χ2n) is 6.82. The Kier molecular flexibility index (Phi) is 5.07. The van der Waals surface area contributed by atoms with E-state index in [9.17, 15) is 4.79 Å². The molecule has 6 heteroatoms. The van der Waals surface area contributed by atoms with E-state index in [1.54, 1.807) is 7.11 Å². The number of carbonyl (C=O) groups is 1. The first-order valence-corrected chi connectivity index (χ1v) is 9.23. The molecule has 3 aromatic rings. The van der Waals surface area contributed by atoms with Gasteiger partial charge in [-0.1, -0.05) is 24.3 Å². The summed E-state index contributed by atoms with van der Waals surface area (Å²) in [6.07, 6.45) is 1.64. The molecule has 1 aliphatic heterocycles. The summed E-state index contributed by atoms with van der Waals surface area (Å²) in [5.74, 6) is 1.48. The van der Waals surface area contributed by atoms with Gasteiger partial charge in [-0.05, 0) is 50.2 Å². The van der Waals surface area contributed by atoms with Crippen LogP contribution in [0.4, 0.5) is 5.69 Å². The predicted molar refractivity (Wildman–Crippen MR) is 104 cm³/mol. The number of hydrogen-bond donors (Lipinski definition) is 1. The second kappa shape index (κ2) is 7.80. The number of nitrogens with zero attached hydrogens (tertiary/aromatic N) is 2. The Balaban J connectivity index is 1.32. The lowest BCUT2D eigenvalue weighted by molar-refractivity contribution is -0.121. The summed E-state index contributed by atoms with van der Waals surface area (Å²) in [7, 11) is 1.61. The van der Waals surface area contributed by atoms with Crippen LogP contribution >= 0.6 is 0 Å². The number of amides is 1. The van der Waals surface area contributed by atoms with E-state index < -0.39 is 0 Å². The number of anilines is 1. The molecule has 0 spiro atoms. The topological polar surface area (TPSA) is 67.6 Å². The standard InChI is InChI=1S/C21H23N3O3/c1-26-18-8-4-2-6-16(18)23-21(25)15-10-12-24(13-11-15)14-20-22-17-7-3-5-9-19(17)27-20/h2-9,15H,10-14H2,1H3,(H,23,25). The fourth-order valence-electron chi connectivity index (χ4n) is 3.51. The van der Waals surface area contributed by atoms with E-state index in [0.717, 1.165) is 48.6 Å². The van der Waals surface area contributed by atoms with E-state index in [1.807, 2.05) is 48.5 Å². The number of para-hydroxylation sites is 4. The van der Waals surface area contributed by atoms with Crippen LogP contribution in [0.15, 0.2) is 52.9 Å². The second-order valence-corrected chi connectivity index (χ2v) is 6.82. The number of rotatable bonds is 5. The average molecular weight is 365 g/mol. The van der Waals surface area contributed by atoms with Crippen molar-refractivity contribution in [2.75, 3.05) is 25.5 Å². The number of carbonyl (C=O) groups excluding carboxylic acids is 1. The summed E-state index contributed by atoms with van der Waals surface area (Å²) >= 11 is 0. The molecule has 1 N–H and O–H groups in total. The zero-order valence-electron chi connectivity index (χ0n) is 15.4. The van der Waals surface area contributed by atoms with Crippen LogP contribution in [0, 0.1) is 5.92 Å². The Bertz CT molecular complexity index is 896. The molecular formula is C21H23N3O3. The number of oxazole rings is 1. The van der Waals surface area contributed by atoms with Crippen LogP contribution in [-0.2, 0) is 11.3 Å². The summed E-state index contributed by atoms with van der Waals surface area (Å²) < 4.78 is 11.1. The number of likely N-dealkylation sites (tertiary alicyclic amines) is 1. The number of methoxy groups -OCH3 is 1. The number of hydrogen-bond acceptors (Lipinski definition) is 5. The molecule has 0 saturated carbocycles. The van der Waals surface area contributed by atoms with E-state index in [-0.39, 0.29) is 11.8 Å². The van der Waals surface area contributed by atoms with Gasteiger partial charge >= 0.3 is 0 Å². The monoisotopic (exact) mass is 365 g/mol. The molecule has 1 aromatic heterocycles. The predicted octanol–water partition coefficient (Wildman–Crippen LogP) is 3.69. The van der Waals surface area contributed by atoms with Crippen molar-refractivity contribution in [2.24, 2.45) is 5.92 Å². The van der Waals surface area contributed by atoms with Crippen LogP contribution in [-0.4, -0.2) is 36.0 Å². The highest BCUT2D eigenvalue weighted by molar-refractivity contribution is 5.94. The van der Waals surface area contributed by atoms with Gasteiger partial charge in [0.2, 0.25) is 11.8 Å². The molecule has 0 bridgehead atoms. The molecule has 1 aliphatic rings. The summed E-state index contributed by atoms with van der Waals surface area (Å²) in [6, 6.07) is 15.3. The first kappa shape index (κ1) is 17.5. The van der Waals surface area contributed by atoms with Crippen molar-refractivity contribution in [2.45, 2.75) is 19.4 Å². The molecule has 1 fully saturated rings. The summed E-state index contributed by atoms with van der Waals surface area (Å²) in [4.78, 5) is 19.4. The van der Waals surface area contributed by atoms with Gasteiger partial charge in [-0.3, -0.25) is 9.69 Å². The van der Waals surface area contributed by atoms with Crippen molar-refractivity contribution in [3.8, 4) is 5.75 Å². The number of fused-ring (bicyclic) bond motifs is 1. The molecular weight excluding hydrogens is 342 g/mol. The molecule has 1 saturated heterocycles. The maximum Gasteiger partial charge on any atom is 0.227 e. The molecule has 1 amide bonds. The van der Waals surface area contributed by atoms with E-state index in [2.05, 4.69) is 15.2 Å². The van der Waals surface area contributed by atoms with Crippen LogP contribution in [0.3, 0.4) is 0 Å². The van der Waals surface area contributed by atoms with Gasteiger partial charge in [-0.25, -0.2) is 4.98 Å². The SMILES string of the molecule is COc1ccccc1NC(=O)C1CCN(Cc2nc3ccccc3o2)CC1. The van der Waals surface area contributed by atoms with Crippen molar-refractivity contribution < 1.29 is 13.9 Å². The van der Waals surface area contributed by atoms with Crippen LogP contribution in [0.25, 0.3) is 11.1 Å². The molecule has 6 nitrogen and oxygen atoms in total. The number of piperidine rings is 1. The quantitative estimate of drug-likeness (QED) is 0.747. The highest BCUT2D eigenvalue weighted by Crippen LogP contribution is 2.26. The van der Waals surface area contributed by atoms with Crippen molar-refractivity contribution >= 4 is 22.7 Å². The summed E-state index contributed by atoms with van der Waals surface area (Å²) in [5.41, 5.74) is 2.43. The van der Waals surface area contributed by atoms with Crippen molar-refractivity contribution in [3.63, 3.8) is 0 Å². The Hall–Kier alpha value is -2.86. The van der Waals surface area contributed by atoms with Crippen molar-refractivity contribution in [1.29, 1.82) is 0 Å². The smallest absolute Gasteiger partial charge is 0.227 e. The van der Waals surface area contributed by atoms with Crippen LogP contribution < -0.4 is 10.1 Å². The van der Waals surface area contributed by atoms with Crippen molar-refractivity contribution in [3.05, 3.63) is 54.4 Å². The van der Waals surface area contributed by atoms with Gasteiger partial charge in [-0.15, -0.1) is 0 Å². The molecule has 0 aliphatic carbocycles. The molecule has 27 heavy (non-hydrogen) atoms. The fraction of sp³-hybridized carbons (Fsp3) is 0.333. The number of ether oxygens (including phenoxy) is 1. The minimum Gasteiger partial charge on any atom is -0.495 e. The zero-order chi connectivity index (χ0) is 18.6. The number of nitrogens with one attached hydrogen (secondary N) is 1. The lowest BCUT2D eigenvalue weighted by atomic mass is 9.96. The van der Waals surface area contributed by atoms with E-state index in [4.69, 9.17) is 9.15 Å². The Morgan fingerprint density at radius 2 is 1.93 bits per heavy atom. The average Bonchev–Trinajstić information content (AvgIpc) is 3.11. The van der Waals surface area contributed by atoms with E-state index in [1.165, 1.54) is 0 Å². The normalized spacial score (nSPS) is 15.7. The third-order valence-electron chi connectivity index (χ3n) is 5.02. The first-order chi connectivity index (χ1) is 13.2. The van der Waals surface area contributed by atoms with E-state index in [0.29, 0.717) is 12.3 Å². The van der Waals surface area contributed by atoms with Gasteiger partial charge in [-0.2, -0.15) is 0 Å². The third kappa shape index (κ3) is 3.95. The summed E-state index contributed by atoms with van der Waals surface area (Å²) in [6.45, 7) is 2.38. The maximum atomic E-state index is 12.6. The van der Waals surface area contributed by atoms with E-state index >= 15 is 0 Å². The maximum absolute atomic E-state index is 12.6. The molecule has 140 valence electrons. The summed E-state index contributed by atoms with van der Waals surface area (Å²) in [5, 5.41) is 3.00. The molecule has 0 unspecified atom stereocenters. The van der Waals surface area contributed by atoms with Crippen molar-refractivity contribution in [1.82, 2.24) is 9.88 Å². The number of benzene rings is 2. The van der Waals surface area contributed by atoms with Crippen LogP contribution in [0.2, 0.25) is 0 Å². The van der Waals surface area contributed by atoms with Gasteiger partial charge < -0.3 is 14.5 Å². The molecule has 4 rings (SSSR count). The molecule has 0 atom stereocenters. The fourth-order valence-corrected chi connectivity index (χ4v) is 3.51. The Morgan fingerprint density at radius 3 is 2.70 bits per heavy atom. The minimum atomic E-state index is 0.00907.